The number of piperidine rings is 1. The van der Waals surface area contributed by atoms with Crippen LogP contribution in [-0.4, -0.2) is 39.7 Å². The molecule has 1 saturated heterocycles. The molecule has 0 bridgehead atoms. The van der Waals surface area contributed by atoms with Gasteiger partial charge in [0, 0.05) is 31.8 Å². The van der Waals surface area contributed by atoms with Crippen LogP contribution in [0.1, 0.15) is 23.3 Å². The van der Waals surface area contributed by atoms with Crippen LogP contribution < -0.4 is 0 Å². The van der Waals surface area contributed by atoms with E-state index in [1.165, 1.54) is 0 Å². The molecule has 0 saturated carbocycles. The number of hydrogen-bond acceptors (Lipinski definition) is 3. The molecule has 3 rings (SSSR count). The minimum absolute atomic E-state index is 0.0220. The fraction of sp³-hybridized carbons (Fsp3) is 0.400. The van der Waals surface area contributed by atoms with Crippen molar-refractivity contribution in [3.8, 4) is 0 Å². The maximum atomic E-state index is 12.7. The Kier molecular flexibility index (Phi) is 3.91. The zero-order valence-electron chi connectivity index (χ0n) is 11.6. The average Bonchev–Trinajstić information content (AvgIpc) is 2.97. The van der Waals surface area contributed by atoms with Crippen LogP contribution in [0, 0.1) is 0 Å². The summed E-state index contributed by atoms with van der Waals surface area (Å²) in [5.74, 6) is -0.0220. The van der Waals surface area contributed by atoms with Crippen LogP contribution in [-0.2, 0) is 6.54 Å². The van der Waals surface area contributed by atoms with Crippen molar-refractivity contribution in [3.63, 3.8) is 0 Å². The number of aliphatic hydroxyl groups is 1. The average molecular weight is 353 g/mol. The van der Waals surface area contributed by atoms with Gasteiger partial charge in [0.15, 0.2) is 10.3 Å². The summed E-state index contributed by atoms with van der Waals surface area (Å²) in [6, 6.07) is 3.63. The molecule has 3 heterocycles. The predicted molar refractivity (Wildman–Crippen MR) is 83.2 cm³/mol. The van der Waals surface area contributed by atoms with Crippen LogP contribution in [0.5, 0.6) is 0 Å². The molecule has 0 unspecified atom stereocenters. The van der Waals surface area contributed by atoms with Gasteiger partial charge < -0.3 is 19.0 Å². The number of aromatic nitrogens is 1. The van der Waals surface area contributed by atoms with Gasteiger partial charge in [-0.3, -0.25) is 4.79 Å². The number of halogens is 1. The number of aliphatic hydroxyl groups excluding tert-OH is 1. The van der Waals surface area contributed by atoms with Gasteiger partial charge in [-0.25, -0.2) is 0 Å². The lowest BCUT2D eigenvalue weighted by atomic mass is 10.1. The van der Waals surface area contributed by atoms with Crippen molar-refractivity contribution in [2.45, 2.75) is 25.5 Å². The maximum absolute atomic E-state index is 12.7. The maximum Gasteiger partial charge on any atom is 0.270 e. The largest absolute Gasteiger partial charge is 0.448 e. The van der Waals surface area contributed by atoms with Crippen LogP contribution in [0.3, 0.4) is 0 Å². The summed E-state index contributed by atoms with van der Waals surface area (Å²) in [5, 5.41) is 9.55. The first-order chi connectivity index (χ1) is 10.1. The summed E-state index contributed by atoms with van der Waals surface area (Å²) in [7, 11) is 0. The van der Waals surface area contributed by atoms with Crippen molar-refractivity contribution in [2.75, 3.05) is 13.1 Å². The van der Waals surface area contributed by atoms with E-state index in [-0.39, 0.29) is 12.0 Å². The Balaban J connectivity index is 1.95. The molecule has 0 spiro atoms. The van der Waals surface area contributed by atoms with Gasteiger partial charge in [-0.15, -0.1) is 6.58 Å². The lowest BCUT2D eigenvalue weighted by Gasteiger charge is -2.29. The van der Waals surface area contributed by atoms with Crippen LogP contribution in [0.25, 0.3) is 11.1 Å². The van der Waals surface area contributed by atoms with Crippen LogP contribution >= 0.6 is 15.9 Å². The molecule has 1 aliphatic rings. The Morgan fingerprint density at radius 3 is 2.86 bits per heavy atom. The second-order valence-corrected chi connectivity index (χ2v) is 6.03. The molecule has 1 amide bonds. The van der Waals surface area contributed by atoms with Crippen molar-refractivity contribution >= 4 is 32.9 Å². The Bertz CT molecular complexity index is 680. The summed E-state index contributed by atoms with van der Waals surface area (Å²) < 4.78 is 8.09. The zero-order chi connectivity index (χ0) is 15.0. The zero-order valence-corrected chi connectivity index (χ0v) is 13.2. The third-order valence-corrected chi connectivity index (χ3v) is 4.23. The fourth-order valence-electron chi connectivity index (χ4n) is 2.75. The second kappa shape index (κ2) is 5.69. The highest BCUT2D eigenvalue weighted by molar-refractivity contribution is 9.10. The van der Waals surface area contributed by atoms with Gasteiger partial charge >= 0.3 is 0 Å². The predicted octanol–water partition coefficient (Wildman–Crippen LogP) is 2.78. The van der Waals surface area contributed by atoms with Crippen molar-refractivity contribution in [1.29, 1.82) is 0 Å². The van der Waals surface area contributed by atoms with Crippen molar-refractivity contribution < 1.29 is 14.3 Å². The molecule has 0 atom stereocenters. The van der Waals surface area contributed by atoms with E-state index in [2.05, 4.69) is 22.5 Å². The third-order valence-electron chi connectivity index (χ3n) is 3.84. The van der Waals surface area contributed by atoms with Crippen LogP contribution in [0.4, 0.5) is 0 Å². The molecule has 0 aromatic carbocycles. The molecule has 1 aliphatic heterocycles. The molecule has 1 fully saturated rings. The Hall–Kier alpha value is -1.53. The number of furan rings is 1. The Morgan fingerprint density at radius 1 is 1.48 bits per heavy atom. The van der Waals surface area contributed by atoms with E-state index in [0.717, 1.165) is 5.52 Å². The van der Waals surface area contributed by atoms with Gasteiger partial charge in [0.05, 0.1) is 11.6 Å². The molecule has 112 valence electrons. The minimum atomic E-state index is -0.291. The number of carbonyl (C=O) groups excluding carboxylic acids is 1. The molecule has 2 aromatic heterocycles. The topological polar surface area (TPSA) is 58.6 Å². The van der Waals surface area contributed by atoms with E-state index in [0.29, 0.717) is 48.4 Å². The van der Waals surface area contributed by atoms with Crippen molar-refractivity contribution in [1.82, 2.24) is 9.47 Å². The number of carbonyl (C=O) groups is 1. The molecular formula is C15H17BrN2O3. The number of fused-ring (bicyclic) bond motifs is 1. The van der Waals surface area contributed by atoms with E-state index >= 15 is 0 Å². The third kappa shape index (κ3) is 2.65. The fourth-order valence-corrected chi connectivity index (χ4v) is 3.14. The highest BCUT2D eigenvalue weighted by Crippen LogP contribution is 2.28. The summed E-state index contributed by atoms with van der Waals surface area (Å²) in [6.07, 6.45) is 2.74. The number of amides is 1. The first-order valence-electron chi connectivity index (χ1n) is 6.97. The van der Waals surface area contributed by atoms with E-state index < -0.39 is 0 Å². The minimum Gasteiger partial charge on any atom is -0.448 e. The number of allylic oxidation sites excluding steroid dienone is 1. The highest BCUT2D eigenvalue weighted by Gasteiger charge is 2.26. The number of hydrogen-bond donors (Lipinski definition) is 1. The summed E-state index contributed by atoms with van der Waals surface area (Å²) in [5.41, 5.74) is 2.17. The molecule has 6 heteroatoms. The van der Waals surface area contributed by atoms with Gasteiger partial charge in [0.1, 0.15) is 5.69 Å². The lowest BCUT2D eigenvalue weighted by Crippen LogP contribution is -2.40. The van der Waals surface area contributed by atoms with Gasteiger partial charge in [-0.2, -0.15) is 0 Å². The molecule has 0 radical (unpaired) electrons. The first kappa shape index (κ1) is 14.4. The van der Waals surface area contributed by atoms with Crippen molar-refractivity contribution in [2.24, 2.45) is 0 Å². The number of rotatable bonds is 3. The monoisotopic (exact) mass is 352 g/mol. The van der Waals surface area contributed by atoms with Gasteiger partial charge in [0.25, 0.3) is 5.91 Å². The second-order valence-electron chi connectivity index (χ2n) is 5.25. The van der Waals surface area contributed by atoms with Gasteiger partial charge in [-0.1, -0.05) is 6.08 Å². The van der Waals surface area contributed by atoms with E-state index in [9.17, 15) is 9.90 Å². The molecule has 1 N–H and O–H groups in total. The molecule has 0 aliphatic carbocycles. The lowest BCUT2D eigenvalue weighted by molar-refractivity contribution is 0.0538. The quantitative estimate of drug-likeness (QED) is 0.864. The van der Waals surface area contributed by atoms with E-state index in [1.54, 1.807) is 17.0 Å². The standard InChI is InChI=1S/C15H17BrN2O3/c1-2-5-18-11-9-14(16)21-13(11)8-12(18)15(20)17-6-3-10(19)4-7-17/h2,8-10,19H,1,3-7H2. The first-order valence-corrected chi connectivity index (χ1v) is 7.76. The molecular weight excluding hydrogens is 336 g/mol. The van der Waals surface area contributed by atoms with Gasteiger partial charge in [-0.05, 0) is 28.8 Å². The normalized spacial score (nSPS) is 16.6. The van der Waals surface area contributed by atoms with Crippen LogP contribution in [0.2, 0.25) is 0 Å². The van der Waals surface area contributed by atoms with Crippen LogP contribution in [0.15, 0.2) is 33.9 Å². The SMILES string of the molecule is C=CCn1c(C(=O)N2CCC(O)CC2)cc2oc(Br)cc21. The summed E-state index contributed by atoms with van der Waals surface area (Å²) in [6.45, 7) is 5.47. The number of nitrogens with zero attached hydrogens (tertiary/aromatic N) is 2. The van der Waals surface area contributed by atoms with Gasteiger partial charge in [0.2, 0.25) is 0 Å². The summed E-state index contributed by atoms with van der Waals surface area (Å²) >= 11 is 3.30. The summed E-state index contributed by atoms with van der Waals surface area (Å²) in [4.78, 5) is 14.5. The molecule has 21 heavy (non-hydrogen) atoms. The number of likely N-dealkylation sites (tertiary alicyclic amines) is 1. The van der Waals surface area contributed by atoms with E-state index in [4.69, 9.17) is 4.42 Å². The molecule has 5 nitrogen and oxygen atoms in total. The smallest absolute Gasteiger partial charge is 0.270 e. The van der Waals surface area contributed by atoms with E-state index in [1.807, 2.05) is 10.6 Å². The molecule has 2 aromatic rings. The Labute approximate surface area is 130 Å². The Morgan fingerprint density at radius 2 is 2.19 bits per heavy atom. The van der Waals surface area contributed by atoms with Crippen molar-refractivity contribution in [3.05, 3.63) is 35.2 Å². The highest BCUT2D eigenvalue weighted by atomic mass is 79.9.